The highest BCUT2D eigenvalue weighted by molar-refractivity contribution is 5.94. The standard InChI is InChI=1S/C15H23N3O2/c1-20-14-5-3-13(4-6-14)15(19)17-7-2-10-18-11-8-16-9-12-18/h3-6,16H,2,7-12H2,1H3,(H,17,19). The summed E-state index contributed by atoms with van der Waals surface area (Å²) in [6.45, 7) is 6.11. The van der Waals surface area contributed by atoms with Gasteiger partial charge in [-0.05, 0) is 37.2 Å². The lowest BCUT2D eigenvalue weighted by Crippen LogP contribution is -2.44. The van der Waals surface area contributed by atoms with Crippen molar-refractivity contribution < 1.29 is 9.53 Å². The molecule has 1 amide bonds. The highest BCUT2D eigenvalue weighted by Crippen LogP contribution is 2.10. The summed E-state index contributed by atoms with van der Waals surface area (Å²) in [5.74, 6) is 0.744. The van der Waals surface area contributed by atoms with Gasteiger partial charge in [0, 0.05) is 38.3 Å². The van der Waals surface area contributed by atoms with Gasteiger partial charge in [-0.1, -0.05) is 0 Å². The summed E-state index contributed by atoms with van der Waals surface area (Å²) in [6.07, 6.45) is 0.988. The summed E-state index contributed by atoms with van der Waals surface area (Å²) < 4.78 is 5.07. The second-order valence-electron chi connectivity index (χ2n) is 4.93. The molecule has 0 aliphatic carbocycles. The van der Waals surface area contributed by atoms with Crippen LogP contribution in [0.2, 0.25) is 0 Å². The van der Waals surface area contributed by atoms with Crippen molar-refractivity contribution in [3.05, 3.63) is 29.8 Å². The van der Waals surface area contributed by atoms with Gasteiger partial charge in [0.25, 0.3) is 5.91 Å². The minimum Gasteiger partial charge on any atom is -0.497 e. The first-order valence-corrected chi connectivity index (χ1v) is 7.15. The molecule has 1 aromatic carbocycles. The van der Waals surface area contributed by atoms with Gasteiger partial charge in [-0.25, -0.2) is 0 Å². The van der Waals surface area contributed by atoms with Gasteiger partial charge in [-0.2, -0.15) is 0 Å². The highest BCUT2D eigenvalue weighted by atomic mass is 16.5. The summed E-state index contributed by atoms with van der Waals surface area (Å²) >= 11 is 0. The molecular weight excluding hydrogens is 254 g/mol. The Balaban J connectivity index is 1.66. The van der Waals surface area contributed by atoms with Crippen LogP contribution >= 0.6 is 0 Å². The second kappa shape index (κ2) is 7.87. The number of rotatable bonds is 6. The molecule has 1 aliphatic rings. The van der Waals surface area contributed by atoms with Crippen molar-refractivity contribution in [3.8, 4) is 5.75 Å². The van der Waals surface area contributed by atoms with Gasteiger partial charge < -0.3 is 20.3 Å². The lowest BCUT2D eigenvalue weighted by atomic mass is 10.2. The Kier molecular flexibility index (Phi) is 5.83. The molecule has 2 rings (SSSR count). The fraction of sp³-hybridized carbons (Fsp3) is 0.533. The molecule has 0 saturated carbocycles. The second-order valence-corrected chi connectivity index (χ2v) is 4.93. The Labute approximate surface area is 120 Å². The predicted octanol–water partition coefficient (Wildman–Crippen LogP) is 0.720. The Morgan fingerprint density at radius 1 is 1.30 bits per heavy atom. The van der Waals surface area contributed by atoms with Crippen LogP contribution in [0.3, 0.4) is 0 Å². The fourth-order valence-corrected chi connectivity index (χ4v) is 2.28. The van der Waals surface area contributed by atoms with Crippen LogP contribution in [0.25, 0.3) is 0 Å². The van der Waals surface area contributed by atoms with Crippen LogP contribution in [0.5, 0.6) is 5.75 Å². The molecule has 5 heteroatoms. The van der Waals surface area contributed by atoms with E-state index in [2.05, 4.69) is 15.5 Å². The van der Waals surface area contributed by atoms with E-state index in [0.29, 0.717) is 5.56 Å². The van der Waals surface area contributed by atoms with Crippen LogP contribution in [0.4, 0.5) is 0 Å². The number of nitrogens with one attached hydrogen (secondary N) is 2. The van der Waals surface area contributed by atoms with Crippen molar-refractivity contribution in [1.82, 2.24) is 15.5 Å². The Bertz CT molecular complexity index is 414. The van der Waals surface area contributed by atoms with E-state index in [-0.39, 0.29) is 5.91 Å². The van der Waals surface area contributed by atoms with Crippen LogP contribution < -0.4 is 15.4 Å². The van der Waals surface area contributed by atoms with E-state index in [1.54, 1.807) is 31.4 Å². The number of methoxy groups -OCH3 is 1. The Morgan fingerprint density at radius 3 is 2.65 bits per heavy atom. The maximum absolute atomic E-state index is 11.9. The van der Waals surface area contributed by atoms with E-state index in [1.165, 1.54) is 0 Å². The minimum absolute atomic E-state index is 0.0204. The number of carbonyl (C=O) groups is 1. The molecule has 1 fully saturated rings. The van der Waals surface area contributed by atoms with E-state index >= 15 is 0 Å². The normalized spacial score (nSPS) is 15.8. The van der Waals surface area contributed by atoms with Gasteiger partial charge in [-0.3, -0.25) is 4.79 Å². The molecule has 0 bridgehead atoms. The maximum atomic E-state index is 11.9. The third-order valence-electron chi connectivity index (χ3n) is 3.50. The molecule has 20 heavy (non-hydrogen) atoms. The topological polar surface area (TPSA) is 53.6 Å². The molecule has 0 unspecified atom stereocenters. The highest BCUT2D eigenvalue weighted by Gasteiger charge is 2.09. The van der Waals surface area contributed by atoms with Crippen molar-refractivity contribution in [2.75, 3.05) is 46.4 Å². The molecule has 0 radical (unpaired) electrons. The number of amides is 1. The van der Waals surface area contributed by atoms with E-state index in [4.69, 9.17) is 4.74 Å². The first-order chi connectivity index (χ1) is 9.79. The van der Waals surface area contributed by atoms with Crippen LogP contribution in [0.15, 0.2) is 24.3 Å². The van der Waals surface area contributed by atoms with Crippen molar-refractivity contribution in [2.24, 2.45) is 0 Å². The van der Waals surface area contributed by atoms with Gasteiger partial charge in [-0.15, -0.1) is 0 Å². The van der Waals surface area contributed by atoms with E-state index in [9.17, 15) is 4.79 Å². The lowest BCUT2D eigenvalue weighted by Gasteiger charge is -2.27. The molecule has 110 valence electrons. The van der Waals surface area contributed by atoms with Crippen molar-refractivity contribution >= 4 is 5.91 Å². The summed E-state index contributed by atoms with van der Waals surface area (Å²) in [6, 6.07) is 7.17. The van der Waals surface area contributed by atoms with Crippen molar-refractivity contribution in [2.45, 2.75) is 6.42 Å². The predicted molar refractivity (Wildman–Crippen MR) is 79.3 cm³/mol. The fourth-order valence-electron chi connectivity index (χ4n) is 2.28. The third kappa shape index (κ3) is 4.51. The third-order valence-corrected chi connectivity index (χ3v) is 3.50. The summed E-state index contributed by atoms with van der Waals surface area (Å²) in [5.41, 5.74) is 0.674. The molecule has 1 saturated heterocycles. The molecule has 0 spiro atoms. The van der Waals surface area contributed by atoms with Crippen LogP contribution in [-0.4, -0.2) is 57.2 Å². The number of carbonyl (C=O) groups excluding carboxylic acids is 1. The molecule has 2 N–H and O–H groups in total. The van der Waals surface area contributed by atoms with Gasteiger partial charge in [0.1, 0.15) is 5.75 Å². The molecule has 5 nitrogen and oxygen atoms in total. The molecular formula is C15H23N3O2. The van der Waals surface area contributed by atoms with Crippen LogP contribution in [0.1, 0.15) is 16.8 Å². The monoisotopic (exact) mass is 277 g/mol. The Morgan fingerprint density at radius 2 is 2.00 bits per heavy atom. The number of nitrogens with zero attached hydrogens (tertiary/aromatic N) is 1. The molecule has 1 aliphatic heterocycles. The van der Waals surface area contributed by atoms with Crippen LogP contribution in [-0.2, 0) is 0 Å². The number of hydrogen-bond acceptors (Lipinski definition) is 4. The van der Waals surface area contributed by atoms with Crippen molar-refractivity contribution in [3.63, 3.8) is 0 Å². The summed E-state index contributed by atoms with van der Waals surface area (Å²) in [5, 5.41) is 6.29. The average molecular weight is 277 g/mol. The number of hydrogen-bond donors (Lipinski definition) is 2. The first-order valence-electron chi connectivity index (χ1n) is 7.15. The van der Waals surface area contributed by atoms with E-state index < -0.39 is 0 Å². The number of ether oxygens (including phenoxy) is 1. The zero-order valence-electron chi connectivity index (χ0n) is 12.0. The summed E-state index contributed by atoms with van der Waals surface area (Å²) in [7, 11) is 1.62. The molecule has 0 atom stereocenters. The van der Waals surface area contributed by atoms with Crippen molar-refractivity contribution in [1.29, 1.82) is 0 Å². The van der Waals surface area contributed by atoms with Gasteiger partial charge >= 0.3 is 0 Å². The molecule has 0 aromatic heterocycles. The van der Waals surface area contributed by atoms with Gasteiger partial charge in [0.05, 0.1) is 7.11 Å². The maximum Gasteiger partial charge on any atom is 0.251 e. The smallest absolute Gasteiger partial charge is 0.251 e. The first kappa shape index (κ1) is 14.8. The van der Waals surface area contributed by atoms with Gasteiger partial charge in [0.2, 0.25) is 0 Å². The molecule has 1 heterocycles. The summed E-state index contributed by atoms with van der Waals surface area (Å²) in [4.78, 5) is 14.3. The van der Waals surface area contributed by atoms with E-state index in [0.717, 1.165) is 51.4 Å². The SMILES string of the molecule is COc1ccc(C(=O)NCCCN2CCNCC2)cc1. The zero-order valence-corrected chi connectivity index (χ0v) is 12.0. The lowest BCUT2D eigenvalue weighted by molar-refractivity contribution is 0.0951. The van der Waals surface area contributed by atoms with E-state index in [1.807, 2.05) is 0 Å². The molecule has 1 aromatic rings. The zero-order chi connectivity index (χ0) is 14.2. The minimum atomic E-state index is -0.0204. The number of benzene rings is 1. The van der Waals surface area contributed by atoms with Crippen LogP contribution in [0, 0.1) is 0 Å². The number of piperazine rings is 1. The van der Waals surface area contributed by atoms with Gasteiger partial charge in [0.15, 0.2) is 0 Å². The largest absolute Gasteiger partial charge is 0.497 e. The quantitative estimate of drug-likeness (QED) is 0.752. The Hall–Kier alpha value is -1.59. The average Bonchev–Trinajstić information content (AvgIpc) is 2.52.